The first-order valence-electron chi connectivity index (χ1n) is 15.7. The van der Waals surface area contributed by atoms with Crippen LogP contribution in [0.2, 0.25) is 0 Å². The first-order valence-corrected chi connectivity index (χ1v) is 18.8. The molecule has 8 nitrogen and oxygen atoms in total. The normalized spacial score (nSPS) is 12.7. The van der Waals surface area contributed by atoms with E-state index in [4.69, 9.17) is 0 Å². The summed E-state index contributed by atoms with van der Waals surface area (Å²) in [5.41, 5.74) is 3.39. The lowest BCUT2D eigenvalue weighted by molar-refractivity contribution is 0.483. The standard InChI is InChI=1S/C33H49N3O5S2/c1-4-5-6-7-8-9-10-11-12-13-14-15-16-19-24-42(37,38)35-34-31-26-33(29-21-18-17-20-27(29)2)36(3)32-23-22-28(25-30(31)32)43(39,40)41/h17-18,20-23,25-26,35H,4-16,19,24H2,1-3H3,(H,39,40,41). The lowest BCUT2D eigenvalue weighted by Gasteiger charge is -2.16. The number of sulfonamides is 1. The lowest BCUT2D eigenvalue weighted by Crippen LogP contribution is -2.25. The second-order valence-corrected chi connectivity index (χ2v) is 14.8. The van der Waals surface area contributed by atoms with Crippen molar-refractivity contribution < 1.29 is 21.4 Å². The Balaban J connectivity index is 1.61. The Morgan fingerprint density at radius 3 is 1.88 bits per heavy atom. The Morgan fingerprint density at radius 1 is 0.767 bits per heavy atom. The van der Waals surface area contributed by atoms with Gasteiger partial charge in [0.1, 0.15) is 0 Å². The molecule has 238 valence electrons. The van der Waals surface area contributed by atoms with E-state index in [9.17, 15) is 21.4 Å². The van der Waals surface area contributed by atoms with Crippen LogP contribution in [0.25, 0.3) is 22.2 Å². The van der Waals surface area contributed by atoms with Crippen LogP contribution >= 0.6 is 0 Å². The molecule has 0 atom stereocenters. The number of aromatic nitrogens is 1. The Bertz CT molecular complexity index is 1610. The van der Waals surface area contributed by atoms with E-state index in [1.807, 2.05) is 42.8 Å². The molecule has 2 aromatic carbocycles. The molecule has 1 heterocycles. The van der Waals surface area contributed by atoms with Crippen LogP contribution in [0.5, 0.6) is 0 Å². The minimum atomic E-state index is -4.46. The first kappa shape index (κ1) is 34.8. The van der Waals surface area contributed by atoms with Gasteiger partial charge < -0.3 is 4.57 Å². The Hall–Kier alpha value is -2.69. The second kappa shape index (κ2) is 17.0. The summed E-state index contributed by atoms with van der Waals surface area (Å²) < 4.78 is 60.8. The SMILES string of the molecule is CCCCCCCCCCCCCCCCS(=O)(=O)NN=c1cc(-c2ccccc2C)n(C)c2ccc(S(=O)(=O)O)cc12. The van der Waals surface area contributed by atoms with Crippen molar-refractivity contribution in [2.45, 2.75) is 109 Å². The van der Waals surface area contributed by atoms with Crippen molar-refractivity contribution in [1.82, 2.24) is 9.40 Å². The van der Waals surface area contributed by atoms with E-state index in [-0.39, 0.29) is 16.0 Å². The number of aryl methyl sites for hydroxylation is 2. The lowest BCUT2D eigenvalue weighted by atomic mass is 10.0. The van der Waals surface area contributed by atoms with Crippen LogP contribution < -0.4 is 10.2 Å². The van der Waals surface area contributed by atoms with Gasteiger partial charge in [-0.05, 0) is 43.2 Å². The van der Waals surface area contributed by atoms with Crippen molar-refractivity contribution >= 4 is 31.0 Å². The topological polar surface area (TPSA) is 118 Å². The van der Waals surface area contributed by atoms with Crippen molar-refractivity contribution in [2.24, 2.45) is 12.1 Å². The molecule has 10 heteroatoms. The molecule has 0 radical (unpaired) electrons. The predicted molar refractivity (Wildman–Crippen MR) is 176 cm³/mol. The van der Waals surface area contributed by atoms with Crippen molar-refractivity contribution in [3.05, 3.63) is 59.5 Å². The number of unbranched alkanes of at least 4 members (excludes halogenated alkanes) is 13. The van der Waals surface area contributed by atoms with Gasteiger partial charge >= 0.3 is 0 Å². The van der Waals surface area contributed by atoms with Gasteiger partial charge in [-0.15, -0.1) is 0 Å². The van der Waals surface area contributed by atoms with Gasteiger partial charge in [-0.1, -0.05) is 115 Å². The Labute approximate surface area is 258 Å². The van der Waals surface area contributed by atoms with Gasteiger partial charge in [0, 0.05) is 18.0 Å². The van der Waals surface area contributed by atoms with Gasteiger partial charge in [0.05, 0.1) is 27.2 Å². The molecule has 0 fully saturated rings. The van der Waals surface area contributed by atoms with Gasteiger partial charge in [-0.3, -0.25) is 4.55 Å². The maximum Gasteiger partial charge on any atom is 0.294 e. The van der Waals surface area contributed by atoms with Crippen LogP contribution in [0, 0.1) is 6.92 Å². The number of rotatable bonds is 19. The van der Waals surface area contributed by atoms with E-state index in [0.717, 1.165) is 36.1 Å². The van der Waals surface area contributed by atoms with E-state index in [1.54, 1.807) is 12.1 Å². The summed E-state index contributed by atoms with van der Waals surface area (Å²) in [4.78, 5) is 2.07. The molecule has 2 N–H and O–H groups in total. The molecule has 0 saturated heterocycles. The average molecular weight is 632 g/mol. The van der Waals surface area contributed by atoms with Crippen LogP contribution in [-0.2, 0) is 27.2 Å². The van der Waals surface area contributed by atoms with Gasteiger partial charge in [0.25, 0.3) is 10.1 Å². The van der Waals surface area contributed by atoms with Crippen molar-refractivity contribution in [1.29, 1.82) is 0 Å². The maximum absolute atomic E-state index is 12.8. The molecule has 43 heavy (non-hydrogen) atoms. The van der Waals surface area contributed by atoms with E-state index in [1.165, 1.54) is 76.3 Å². The minimum Gasteiger partial charge on any atom is -0.344 e. The molecule has 0 bridgehead atoms. The van der Waals surface area contributed by atoms with Crippen LogP contribution in [0.1, 0.15) is 102 Å². The summed E-state index contributed by atoms with van der Waals surface area (Å²) in [7, 11) is -6.30. The van der Waals surface area contributed by atoms with E-state index >= 15 is 0 Å². The van der Waals surface area contributed by atoms with Crippen LogP contribution in [-0.4, -0.2) is 31.7 Å². The smallest absolute Gasteiger partial charge is 0.294 e. The monoisotopic (exact) mass is 631 g/mol. The molecule has 0 amide bonds. The molecule has 0 aliphatic carbocycles. The highest BCUT2D eigenvalue weighted by Gasteiger charge is 2.15. The number of nitrogens with zero attached hydrogens (tertiary/aromatic N) is 2. The minimum absolute atomic E-state index is 0.0337. The van der Waals surface area contributed by atoms with E-state index < -0.39 is 20.1 Å². The number of pyridine rings is 1. The number of hydrogen-bond acceptors (Lipinski definition) is 5. The molecule has 0 unspecified atom stereocenters. The van der Waals surface area contributed by atoms with Gasteiger partial charge in [0.2, 0.25) is 10.0 Å². The number of hydrogen-bond donors (Lipinski definition) is 2. The summed E-state index contributed by atoms with van der Waals surface area (Å²) in [6, 6.07) is 13.8. The largest absolute Gasteiger partial charge is 0.344 e. The molecule has 3 aromatic rings. The fourth-order valence-electron chi connectivity index (χ4n) is 5.47. The predicted octanol–water partition coefficient (Wildman–Crippen LogP) is 7.62. The van der Waals surface area contributed by atoms with Gasteiger partial charge in [-0.2, -0.15) is 13.5 Å². The van der Waals surface area contributed by atoms with E-state index in [2.05, 4.69) is 16.9 Å². The summed E-state index contributed by atoms with van der Waals surface area (Å²) in [6.07, 6.45) is 16.7. The summed E-state index contributed by atoms with van der Waals surface area (Å²) >= 11 is 0. The molecule has 0 saturated carbocycles. The van der Waals surface area contributed by atoms with E-state index in [0.29, 0.717) is 17.3 Å². The maximum atomic E-state index is 12.8. The van der Waals surface area contributed by atoms with Gasteiger partial charge in [-0.25, -0.2) is 13.2 Å². The molecule has 1 aromatic heterocycles. The third-order valence-electron chi connectivity index (χ3n) is 8.03. The summed E-state index contributed by atoms with van der Waals surface area (Å²) in [5.74, 6) is -0.0337. The van der Waals surface area contributed by atoms with Crippen molar-refractivity contribution in [3.8, 4) is 11.3 Å². The average Bonchev–Trinajstić information content (AvgIpc) is 2.97. The molecular weight excluding hydrogens is 583 g/mol. The summed E-state index contributed by atoms with van der Waals surface area (Å²) in [6.45, 7) is 4.23. The van der Waals surface area contributed by atoms with Gasteiger partial charge in [0.15, 0.2) is 0 Å². The summed E-state index contributed by atoms with van der Waals surface area (Å²) in [5, 5.41) is 4.91. The van der Waals surface area contributed by atoms with Crippen LogP contribution in [0.3, 0.4) is 0 Å². The third-order valence-corrected chi connectivity index (χ3v) is 10.1. The highest BCUT2D eigenvalue weighted by molar-refractivity contribution is 7.89. The van der Waals surface area contributed by atoms with Crippen molar-refractivity contribution in [2.75, 3.05) is 5.75 Å². The fraction of sp³-hybridized carbons (Fsp3) is 0.545. The number of nitrogens with one attached hydrogen (secondary N) is 1. The third kappa shape index (κ3) is 11.1. The zero-order valence-electron chi connectivity index (χ0n) is 26.0. The molecule has 0 aliphatic rings. The second-order valence-electron chi connectivity index (χ2n) is 11.6. The number of benzene rings is 2. The fourth-order valence-corrected chi connectivity index (χ4v) is 6.89. The first-order chi connectivity index (χ1) is 20.5. The molecule has 0 spiro atoms. The van der Waals surface area contributed by atoms with Crippen LogP contribution in [0.15, 0.2) is 58.5 Å². The molecule has 0 aliphatic heterocycles. The van der Waals surface area contributed by atoms with Crippen LogP contribution in [0.4, 0.5) is 0 Å². The number of fused-ring (bicyclic) bond motifs is 1. The molecular formula is C33H49N3O5S2. The highest BCUT2D eigenvalue weighted by Crippen LogP contribution is 2.26. The quantitative estimate of drug-likeness (QED) is 0.0802. The molecule has 3 rings (SSSR count). The highest BCUT2D eigenvalue weighted by atomic mass is 32.2. The zero-order chi connectivity index (χ0) is 31.3. The van der Waals surface area contributed by atoms with Crippen molar-refractivity contribution in [3.63, 3.8) is 0 Å². The Kier molecular flexibility index (Phi) is 13.7. The Morgan fingerprint density at radius 2 is 1.33 bits per heavy atom. The zero-order valence-corrected chi connectivity index (χ0v) is 27.6.